The molecule has 1 rings (SSSR count). The molecule has 2 nitrogen and oxygen atoms in total. The second-order valence-electron chi connectivity index (χ2n) is 6.35. The number of hydrogen-bond donors (Lipinski definition) is 0. The Hall–Kier alpha value is 0.137. The van der Waals surface area contributed by atoms with Crippen LogP contribution in [0.2, 0.25) is 19.6 Å². The van der Waals surface area contributed by atoms with Gasteiger partial charge in [0.15, 0.2) is 14.1 Å². The highest BCUT2D eigenvalue weighted by molar-refractivity contribution is 6.69. The van der Waals surface area contributed by atoms with Gasteiger partial charge in [-0.25, -0.2) is 0 Å². The summed E-state index contributed by atoms with van der Waals surface area (Å²) < 4.78 is 11.7. The van der Waals surface area contributed by atoms with E-state index in [1.54, 1.807) is 7.11 Å². The van der Waals surface area contributed by atoms with E-state index in [-0.39, 0.29) is 11.2 Å². The van der Waals surface area contributed by atoms with Crippen molar-refractivity contribution >= 4 is 8.32 Å². The van der Waals surface area contributed by atoms with Gasteiger partial charge in [0.1, 0.15) is 0 Å². The van der Waals surface area contributed by atoms with Crippen LogP contribution in [-0.4, -0.2) is 21.2 Å². The van der Waals surface area contributed by atoms with E-state index in [0.29, 0.717) is 5.92 Å². The van der Waals surface area contributed by atoms with Crippen molar-refractivity contribution in [3.63, 3.8) is 0 Å². The smallest absolute Gasteiger partial charge is 0.187 e. The van der Waals surface area contributed by atoms with Crippen LogP contribution in [0.5, 0.6) is 0 Å². The topological polar surface area (TPSA) is 18.5 Å². The second kappa shape index (κ2) is 3.32. The summed E-state index contributed by atoms with van der Waals surface area (Å²) in [6.45, 7) is 13.4. The molecular formula is C11H24O2Si. The molecular weight excluding hydrogens is 192 g/mol. The summed E-state index contributed by atoms with van der Waals surface area (Å²) >= 11 is 0. The van der Waals surface area contributed by atoms with Crippen LogP contribution in [0, 0.1) is 11.3 Å². The van der Waals surface area contributed by atoms with Crippen LogP contribution in [0.3, 0.4) is 0 Å². The molecule has 2 atom stereocenters. The standard InChI is InChI=1S/C11H24O2Si/c1-10(2,3)9-8-11(9,12-4)13-14(5,6)7/h9H,8H2,1-7H3/t9-,11?/m0/s1. The number of rotatable bonds is 3. The van der Waals surface area contributed by atoms with E-state index in [1.165, 1.54) is 0 Å². The Morgan fingerprint density at radius 3 is 1.93 bits per heavy atom. The van der Waals surface area contributed by atoms with Crippen molar-refractivity contribution in [2.75, 3.05) is 7.11 Å². The molecule has 0 aliphatic heterocycles. The SMILES string of the molecule is COC1(O[Si](C)(C)C)C[C@H]1C(C)(C)C. The van der Waals surface area contributed by atoms with Gasteiger partial charge in [0.25, 0.3) is 0 Å². The first-order chi connectivity index (χ1) is 6.11. The van der Waals surface area contributed by atoms with Gasteiger partial charge in [-0.15, -0.1) is 0 Å². The summed E-state index contributed by atoms with van der Waals surface area (Å²) in [6.07, 6.45) is 1.05. The van der Waals surface area contributed by atoms with Gasteiger partial charge in [0.05, 0.1) is 0 Å². The van der Waals surface area contributed by atoms with Crippen molar-refractivity contribution in [2.24, 2.45) is 11.3 Å². The van der Waals surface area contributed by atoms with Crippen LogP contribution >= 0.6 is 0 Å². The van der Waals surface area contributed by atoms with Crippen LogP contribution in [0.1, 0.15) is 27.2 Å². The molecule has 14 heavy (non-hydrogen) atoms. The third kappa shape index (κ3) is 2.58. The third-order valence-corrected chi connectivity index (χ3v) is 3.69. The maximum Gasteiger partial charge on any atom is 0.187 e. The molecule has 1 unspecified atom stereocenters. The van der Waals surface area contributed by atoms with Crippen molar-refractivity contribution in [1.82, 2.24) is 0 Å². The molecule has 0 aromatic rings. The van der Waals surface area contributed by atoms with Crippen LogP contribution < -0.4 is 0 Å². The van der Waals surface area contributed by atoms with Gasteiger partial charge in [-0.3, -0.25) is 0 Å². The van der Waals surface area contributed by atoms with Crippen LogP contribution in [0.4, 0.5) is 0 Å². The summed E-state index contributed by atoms with van der Waals surface area (Å²) in [5.74, 6) is 0.287. The van der Waals surface area contributed by atoms with E-state index in [4.69, 9.17) is 9.16 Å². The predicted molar refractivity (Wildman–Crippen MR) is 61.7 cm³/mol. The fourth-order valence-electron chi connectivity index (χ4n) is 2.09. The van der Waals surface area contributed by atoms with Gasteiger partial charge >= 0.3 is 0 Å². The fourth-order valence-corrected chi connectivity index (χ4v) is 3.44. The molecule has 1 aliphatic carbocycles. The molecule has 0 aromatic heterocycles. The minimum absolute atomic E-state index is 0.261. The van der Waals surface area contributed by atoms with E-state index in [9.17, 15) is 0 Å². The van der Waals surface area contributed by atoms with Crippen molar-refractivity contribution in [3.8, 4) is 0 Å². The lowest BCUT2D eigenvalue weighted by atomic mass is 9.90. The lowest BCUT2D eigenvalue weighted by Crippen LogP contribution is -2.37. The van der Waals surface area contributed by atoms with Crippen LogP contribution in [-0.2, 0) is 9.16 Å². The maximum absolute atomic E-state index is 6.14. The summed E-state index contributed by atoms with van der Waals surface area (Å²) in [7, 11) is 0.273. The van der Waals surface area contributed by atoms with E-state index in [1.807, 2.05) is 0 Å². The Morgan fingerprint density at radius 2 is 1.71 bits per heavy atom. The number of hydrogen-bond acceptors (Lipinski definition) is 2. The van der Waals surface area contributed by atoms with E-state index < -0.39 is 8.32 Å². The lowest BCUT2D eigenvalue weighted by molar-refractivity contribution is -0.109. The lowest BCUT2D eigenvalue weighted by Gasteiger charge is -2.29. The van der Waals surface area contributed by atoms with E-state index in [2.05, 4.69) is 40.4 Å². The van der Waals surface area contributed by atoms with Crippen LogP contribution in [0.25, 0.3) is 0 Å². The molecule has 0 bridgehead atoms. The van der Waals surface area contributed by atoms with Crippen molar-refractivity contribution in [1.29, 1.82) is 0 Å². The highest BCUT2D eigenvalue weighted by Crippen LogP contribution is 2.57. The Balaban J connectivity index is 2.67. The predicted octanol–water partition coefficient (Wildman–Crippen LogP) is 3.25. The van der Waals surface area contributed by atoms with Crippen molar-refractivity contribution in [3.05, 3.63) is 0 Å². The highest BCUT2D eigenvalue weighted by atomic mass is 28.4. The molecule has 0 aromatic carbocycles. The first kappa shape index (κ1) is 12.2. The number of methoxy groups -OCH3 is 1. The molecule has 0 saturated heterocycles. The zero-order valence-corrected chi connectivity index (χ0v) is 11.6. The average molecular weight is 216 g/mol. The summed E-state index contributed by atoms with van der Waals surface area (Å²) in [4.78, 5) is 0. The molecule has 1 saturated carbocycles. The van der Waals surface area contributed by atoms with Crippen LogP contribution in [0.15, 0.2) is 0 Å². The van der Waals surface area contributed by atoms with Crippen molar-refractivity contribution < 1.29 is 9.16 Å². The largest absolute Gasteiger partial charge is 0.391 e. The normalized spacial score (nSPS) is 33.2. The highest BCUT2D eigenvalue weighted by Gasteiger charge is 2.62. The second-order valence-corrected chi connectivity index (χ2v) is 10.8. The summed E-state index contributed by atoms with van der Waals surface area (Å²) in [5, 5.41) is 0. The monoisotopic (exact) mass is 216 g/mol. The summed E-state index contributed by atoms with van der Waals surface area (Å²) in [6, 6.07) is 0. The zero-order chi connectivity index (χ0) is 11.2. The molecule has 0 radical (unpaired) electrons. The third-order valence-electron chi connectivity index (χ3n) is 2.73. The molecule has 0 N–H and O–H groups in total. The van der Waals surface area contributed by atoms with E-state index >= 15 is 0 Å². The maximum atomic E-state index is 6.14. The minimum Gasteiger partial charge on any atom is -0.391 e. The average Bonchev–Trinajstić information content (AvgIpc) is 2.59. The molecule has 3 heteroatoms. The van der Waals surface area contributed by atoms with Gasteiger partial charge in [0, 0.05) is 19.4 Å². The Morgan fingerprint density at radius 1 is 1.21 bits per heavy atom. The first-order valence-corrected chi connectivity index (χ1v) is 8.77. The van der Waals surface area contributed by atoms with Gasteiger partial charge < -0.3 is 9.16 Å². The van der Waals surface area contributed by atoms with Gasteiger partial charge in [-0.2, -0.15) is 0 Å². The minimum atomic E-state index is -1.50. The van der Waals surface area contributed by atoms with Crippen molar-refractivity contribution in [2.45, 2.75) is 52.6 Å². The van der Waals surface area contributed by atoms with E-state index in [0.717, 1.165) is 6.42 Å². The molecule has 1 aliphatic rings. The Labute approximate surface area is 89.1 Å². The quantitative estimate of drug-likeness (QED) is 0.532. The first-order valence-electron chi connectivity index (χ1n) is 5.36. The number of ether oxygens (including phenoxy) is 1. The molecule has 0 heterocycles. The Kier molecular flexibility index (Phi) is 2.90. The molecule has 84 valence electrons. The molecule has 1 fully saturated rings. The van der Waals surface area contributed by atoms with Gasteiger partial charge in [-0.05, 0) is 25.1 Å². The Bertz CT molecular complexity index is 214. The zero-order valence-electron chi connectivity index (χ0n) is 10.6. The molecule has 0 amide bonds. The van der Waals surface area contributed by atoms with Gasteiger partial charge in [0.2, 0.25) is 0 Å². The molecule has 0 spiro atoms. The fraction of sp³-hybridized carbons (Fsp3) is 1.00. The summed E-state index contributed by atoms with van der Waals surface area (Å²) in [5.41, 5.74) is 0.287. The van der Waals surface area contributed by atoms with Gasteiger partial charge in [-0.1, -0.05) is 20.8 Å².